The lowest BCUT2D eigenvalue weighted by atomic mass is 9.90. The Morgan fingerprint density at radius 3 is 2.19 bits per heavy atom. The van der Waals surface area contributed by atoms with E-state index < -0.39 is 5.97 Å². The van der Waals surface area contributed by atoms with Crippen LogP contribution in [-0.2, 0) is 14.3 Å². The summed E-state index contributed by atoms with van der Waals surface area (Å²) in [7, 11) is 0. The van der Waals surface area contributed by atoms with Crippen LogP contribution < -0.4 is 0 Å². The van der Waals surface area contributed by atoms with Crippen molar-refractivity contribution in [1.29, 1.82) is 0 Å². The molecule has 0 aliphatic carbocycles. The number of aliphatic carboxylic acids is 1. The summed E-state index contributed by atoms with van der Waals surface area (Å²) in [5, 5.41) is 8.54. The summed E-state index contributed by atoms with van der Waals surface area (Å²) < 4.78 is 5.74. The van der Waals surface area contributed by atoms with Crippen molar-refractivity contribution in [1.82, 2.24) is 0 Å². The van der Waals surface area contributed by atoms with E-state index in [1.54, 1.807) is 0 Å². The highest BCUT2D eigenvalue weighted by Gasteiger charge is 2.29. The Kier molecular flexibility index (Phi) is 11.5. The van der Waals surface area contributed by atoms with Gasteiger partial charge in [0.05, 0.1) is 12.8 Å². The van der Waals surface area contributed by atoms with E-state index in [0.717, 1.165) is 32.1 Å². The lowest BCUT2D eigenvalue weighted by Crippen LogP contribution is -2.34. The maximum absolute atomic E-state index is 12.0. The summed E-state index contributed by atoms with van der Waals surface area (Å²) in [5.74, 6) is 0.228. The van der Waals surface area contributed by atoms with Gasteiger partial charge in [-0.1, -0.05) is 33.6 Å². The zero-order chi connectivity index (χ0) is 16.1. The molecule has 4 nitrogen and oxygen atoms in total. The van der Waals surface area contributed by atoms with Crippen LogP contribution in [0.2, 0.25) is 0 Å². The van der Waals surface area contributed by atoms with Crippen molar-refractivity contribution in [2.75, 3.05) is 11.5 Å². The summed E-state index contributed by atoms with van der Waals surface area (Å²) in [6.45, 7) is 6.31. The lowest BCUT2D eigenvalue weighted by molar-refractivity contribution is -0.161. The molecular weight excluding hydrogens is 288 g/mol. The van der Waals surface area contributed by atoms with Crippen molar-refractivity contribution < 1.29 is 19.4 Å². The van der Waals surface area contributed by atoms with Gasteiger partial charge in [-0.05, 0) is 25.7 Å². The number of thioether (sulfide) groups is 1. The van der Waals surface area contributed by atoms with Crippen molar-refractivity contribution in [2.45, 2.75) is 77.7 Å². The van der Waals surface area contributed by atoms with Crippen molar-refractivity contribution in [3.8, 4) is 0 Å². The molecule has 0 radical (unpaired) electrons. The smallest absolute Gasteiger partial charge is 0.307 e. The molecule has 0 saturated carbocycles. The van der Waals surface area contributed by atoms with Crippen molar-refractivity contribution in [2.24, 2.45) is 0 Å². The predicted octanol–water partition coefficient (Wildman–Crippen LogP) is 4.27. The first-order valence-electron chi connectivity index (χ1n) is 8.01. The number of carbonyl (C=O) groups excluding carboxylic acids is 1. The topological polar surface area (TPSA) is 63.6 Å². The molecule has 0 aliphatic heterocycles. The van der Waals surface area contributed by atoms with Gasteiger partial charge in [0.15, 0.2) is 0 Å². The number of ether oxygens (including phenoxy) is 1. The number of carboxylic acid groups (broad SMARTS) is 1. The quantitative estimate of drug-likeness (QED) is 0.406. The van der Waals surface area contributed by atoms with Crippen LogP contribution in [0, 0.1) is 0 Å². The minimum atomic E-state index is -0.794. The second kappa shape index (κ2) is 11.9. The standard InChI is InChI=1S/C16H30O4S/c1-4-7-8-11-16(5-2,6-3)20-15(19)10-13-21-12-9-14(17)18/h4-13H2,1-3H3,(H,17,18). The fraction of sp³-hybridized carbons (Fsp3) is 0.875. The van der Waals surface area contributed by atoms with Crippen LogP contribution in [-0.4, -0.2) is 34.2 Å². The van der Waals surface area contributed by atoms with Gasteiger partial charge in [-0.25, -0.2) is 0 Å². The predicted molar refractivity (Wildman–Crippen MR) is 87.7 cm³/mol. The minimum absolute atomic E-state index is 0.143. The second-order valence-electron chi connectivity index (χ2n) is 5.33. The number of unbranched alkanes of at least 4 members (excludes halogenated alkanes) is 2. The fourth-order valence-electron chi connectivity index (χ4n) is 2.21. The molecule has 124 valence electrons. The van der Waals surface area contributed by atoms with E-state index in [9.17, 15) is 9.59 Å². The third-order valence-corrected chi connectivity index (χ3v) is 4.75. The molecule has 0 heterocycles. The van der Waals surface area contributed by atoms with E-state index in [4.69, 9.17) is 9.84 Å². The summed E-state index contributed by atoms with van der Waals surface area (Å²) in [6.07, 6.45) is 6.58. The average Bonchev–Trinajstić information content (AvgIpc) is 2.45. The van der Waals surface area contributed by atoms with E-state index in [1.807, 2.05) is 0 Å². The number of rotatable bonds is 13. The van der Waals surface area contributed by atoms with Gasteiger partial charge in [0.2, 0.25) is 0 Å². The Balaban J connectivity index is 4.07. The Hall–Kier alpha value is -0.710. The van der Waals surface area contributed by atoms with Crippen molar-refractivity contribution in [3.05, 3.63) is 0 Å². The molecule has 0 aromatic rings. The molecule has 0 saturated heterocycles. The Morgan fingerprint density at radius 1 is 1.05 bits per heavy atom. The summed E-state index contributed by atoms with van der Waals surface area (Å²) in [6, 6.07) is 0. The Labute approximate surface area is 133 Å². The van der Waals surface area contributed by atoms with Gasteiger partial charge in [0, 0.05) is 11.5 Å². The van der Waals surface area contributed by atoms with Crippen molar-refractivity contribution in [3.63, 3.8) is 0 Å². The Morgan fingerprint density at radius 2 is 1.67 bits per heavy atom. The molecule has 5 heteroatoms. The first-order valence-corrected chi connectivity index (χ1v) is 9.16. The third kappa shape index (κ3) is 9.77. The molecular formula is C16H30O4S. The van der Waals surface area contributed by atoms with Gasteiger partial charge in [0.25, 0.3) is 0 Å². The summed E-state index contributed by atoms with van der Waals surface area (Å²) in [4.78, 5) is 22.3. The van der Waals surface area contributed by atoms with Gasteiger partial charge in [-0.3, -0.25) is 9.59 Å². The molecule has 0 atom stereocenters. The van der Waals surface area contributed by atoms with Gasteiger partial charge in [0.1, 0.15) is 5.60 Å². The van der Waals surface area contributed by atoms with Crippen LogP contribution in [0.5, 0.6) is 0 Å². The van der Waals surface area contributed by atoms with Crippen LogP contribution in [0.1, 0.15) is 72.1 Å². The van der Waals surface area contributed by atoms with E-state index in [1.165, 1.54) is 18.2 Å². The molecule has 0 aromatic carbocycles. The van der Waals surface area contributed by atoms with E-state index >= 15 is 0 Å². The first-order chi connectivity index (χ1) is 9.99. The molecule has 0 aliphatic rings. The molecule has 0 aromatic heterocycles. The zero-order valence-electron chi connectivity index (χ0n) is 13.7. The third-order valence-electron chi connectivity index (χ3n) is 3.77. The molecule has 1 N–H and O–H groups in total. The van der Waals surface area contributed by atoms with Gasteiger partial charge in [-0.2, -0.15) is 11.8 Å². The van der Waals surface area contributed by atoms with Crippen molar-refractivity contribution >= 4 is 23.7 Å². The largest absolute Gasteiger partial charge is 0.481 e. The highest BCUT2D eigenvalue weighted by molar-refractivity contribution is 7.99. The molecule has 0 rings (SSSR count). The number of carbonyl (C=O) groups is 2. The first kappa shape index (κ1) is 20.3. The maximum Gasteiger partial charge on any atom is 0.307 e. The Bertz CT molecular complexity index is 301. The van der Waals surface area contributed by atoms with E-state index in [-0.39, 0.29) is 18.0 Å². The SMILES string of the molecule is CCCCCC(CC)(CC)OC(=O)CCSCCC(=O)O. The molecule has 21 heavy (non-hydrogen) atoms. The number of carboxylic acids is 1. The van der Waals surface area contributed by atoms with Crippen LogP contribution in [0.25, 0.3) is 0 Å². The molecule has 0 fully saturated rings. The second-order valence-corrected chi connectivity index (χ2v) is 6.55. The zero-order valence-corrected chi connectivity index (χ0v) is 14.5. The van der Waals surface area contributed by atoms with Gasteiger partial charge in [-0.15, -0.1) is 0 Å². The number of hydrogen-bond donors (Lipinski definition) is 1. The summed E-state index contributed by atoms with van der Waals surface area (Å²) >= 11 is 1.49. The van der Waals surface area contributed by atoms with Crippen LogP contribution in [0.4, 0.5) is 0 Å². The number of esters is 1. The highest BCUT2D eigenvalue weighted by Crippen LogP contribution is 2.28. The van der Waals surface area contributed by atoms with E-state index in [2.05, 4.69) is 20.8 Å². The van der Waals surface area contributed by atoms with E-state index in [0.29, 0.717) is 17.9 Å². The molecule has 0 unspecified atom stereocenters. The average molecular weight is 318 g/mol. The van der Waals surface area contributed by atoms with Crippen LogP contribution in [0.3, 0.4) is 0 Å². The summed E-state index contributed by atoms with van der Waals surface area (Å²) in [5.41, 5.74) is -0.308. The van der Waals surface area contributed by atoms with Gasteiger partial charge >= 0.3 is 11.9 Å². The lowest BCUT2D eigenvalue weighted by Gasteiger charge is -2.31. The van der Waals surface area contributed by atoms with Crippen LogP contribution >= 0.6 is 11.8 Å². The fourth-order valence-corrected chi connectivity index (χ4v) is 3.04. The monoisotopic (exact) mass is 318 g/mol. The van der Waals surface area contributed by atoms with Crippen LogP contribution in [0.15, 0.2) is 0 Å². The van der Waals surface area contributed by atoms with Gasteiger partial charge < -0.3 is 9.84 Å². The molecule has 0 bridgehead atoms. The number of hydrogen-bond acceptors (Lipinski definition) is 4. The maximum atomic E-state index is 12.0. The molecule has 0 spiro atoms. The molecule has 0 amide bonds. The normalized spacial score (nSPS) is 11.4. The highest BCUT2D eigenvalue weighted by atomic mass is 32.2. The minimum Gasteiger partial charge on any atom is -0.481 e.